The topological polar surface area (TPSA) is 52.8 Å². The second kappa shape index (κ2) is 4.77. The molecule has 63 valence electrons. The summed E-state index contributed by atoms with van der Waals surface area (Å²) in [5, 5.41) is 19.9. The number of rotatable bonds is 1. The first-order valence-electron chi connectivity index (χ1n) is 2.80. The molecule has 1 aromatic rings. The maximum Gasteiger partial charge on any atom is 0.124 e. The number of phenols is 1. The SMILES string of the molecule is ON=Cc1ccccc1O.[Cu]. The van der Waals surface area contributed by atoms with Crippen LogP contribution in [0.25, 0.3) is 0 Å². The van der Waals surface area contributed by atoms with Gasteiger partial charge in [-0.15, -0.1) is 0 Å². The number of nitrogens with zero attached hydrogens (tertiary/aromatic N) is 1. The van der Waals surface area contributed by atoms with Gasteiger partial charge >= 0.3 is 0 Å². The van der Waals surface area contributed by atoms with E-state index >= 15 is 0 Å². The van der Waals surface area contributed by atoms with Crippen LogP contribution in [-0.4, -0.2) is 16.5 Å². The van der Waals surface area contributed by atoms with Crippen LogP contribution in [0.15, 0.2) is 29.4 Å². The molecule has 0 heterocycles. The monoisotopic (exact) mass is 200 g/mol. The zero-order chi connectivity index (χ0) is 7.40. The molecule has 0 bridgehead atoms. The number of oxime groups is 1. The first-order chi connectivity index (χ1) is 4.84. The maximum atomic E-state index is 9.04. The van der Waals surface area contributed by atoms with E-state index in [0.29, 0.717) is 5.56 Å². The van der Waals surface area contributed by atoms with Gasteiger partial charge in [-0.05, 0) is 12.1 Å². The van der Waals surface area contributed by atoms with E-state index in [1.54, 1.807) is 18.2 Å². The minimum atomic E-state index is 0. The molecular formula is C7H7CuNO2. The Kier molecular flexibility index (Phi) is 4.34. The molecule has 0 spiro atoms. The average Bonchev–Trinajstić information content (AvgIpc) is 1.94. The fourth-order valence-corrected chi connectivity index (χ4v) is 0.659. The van der Waals surface area contributed by atoms with Crippen LogP contribution in [0.3, 0.4) is 0 Å². The van der Waals surface area contributed by atoms with E-state index in [9.17, 15) is 0 Å². The predicted octanol–water partition coefficient (Wildman–Crippen LogP) is 1.20. The second-order valence-electron chi connectivity index (χ2n) is 1.80. The van der Waals surface area contributed by atoms with Crippen LogP contribution in [-0.2, 0) is 17.1 Å². The molecule has 2 N–H and O–H groups in total. The first-order valence-corrected chi connectivity index (χ1v) is 2.80. The van der Waals surface area contributed by atoms with E-state index in [-0.39, 0.29) is 22.8 Å². The summed E-state index contributed by atoms with van der Waals surface area (Å²) in [5.74, 6) is 0.111. The summed E-state index contributed by atoms with van der Waals surface area (Å²) in [6, 6.07) is 6.62. The number of hydrogen-bond acceptors (Lipinski definition) is 3. The van der Waals surface area contributed by atoms with Crippen molar-refractivity contribution in [2.75, 3.05) is 0 Å². The van der Waals surface area contributed by atoms with Crippen molar-refractivity contribution in [3.63, 3.8) is 0 Å². The number of phenolic OH excluding ortho intramolecular Hbond substituents is 1. The summed E-state index contributed by atoms with van der Waals surface area (Å²) in [5.41, 5.74) is 0.505. The van der Waals surface area contributed by atoms with Crippen molar-refractivity contribution >= 4 is 6.21 Å². The molecule has 0 aliphatic heterocycles. The van der Waals surface area contributed by atoms with Crippen LogP contribution >= 0.6 is 0 Å². The van der Waals surface area contributed by atoms with Crippen LogP contribution in [0.4, 0.5) is 0 Å². The second-order valence-corrected chi connectivity index (χ2v) is 1.80. The van der Waals surface area contributed by atoms with Crippen molar-refractivity contribution in [1.82, 2.24) is 0 Å². The van der Waals surface area contributed by atoms with E-state index < -0.39 is 0 Å². The van der Waals surface area contributed by atoms with E-state index in [1.165, 1.54) is 12.3 Å². The molecule has 0 aliphatic rings. The summed E-state index contributed by atoms with van der Waals surface area (Å²) in [7, 11) is 0. The molecule has 0 saturated heterocycles. The number of para-hydroxylation sites is 1. The molecule has 1 rings (SSSR count). The van der Waals surface area contributed by atoms with Crippen molar-refractivity contribution < 1.29 is 27.4 Å². The molecule has 0 amide bonds. The molecule has 0 saturated carbocycles. The predicted molar refractivity (Wildman–Crippen MR) is 37.5 cm³/mol. The van der Waals surface area contributed by atoms with Crippen LogP contribution < -0.4 is 0 Å². The Bertz CT molecular complexity index is 250. The molecule has 11 heavy (non-hydrogen) atoms. The quantitative estimate of drug-likeness (QED) is 0.310. The van der Waals surface area contributed by atoms with Crippen LogP contribution in [0.5, 0.6) is 5.75 Å². The van der Waals surface area contributed by atoms with E-state index in [1.807, 2.05) is 0 Å². The Hall–Kier alpha value is -0.991. The molecular weight excluding hydrogens is 194 g/mol. The van der Waals surface area contributed by atoms with Gasteiger partial charge in [0, 0.05) is 22.6 Å². The van der Waals surface area contributed by atoms with Gasteiger partial charge in [0.05, 0.1) is 6.21 Å². The Morgan fingerprint density at radius 2 is 1.91 bits per heavy atom. The van der Waals surface area contributed by atoms with E-state index in [0.717, 1.165) is 0 Å². The summed E-state index contributed by atoms with van der Waals surface area (Å²) in [6.07, 6.45) is 1.18. The standard InChI is InChI=1S/C7H7NO2.Cu/c9-7-4-2-1-3-6(7)5-8-10;/h1-5,9-10H;. The summed E-state index contributed by atoms with van der Waals surface area (Å²) in [6.45, 7) is 0. The maximum absolute atomic E-state index is 9.04. The van der Waals surface area contributed by atoms with Crippen molar-refractivity contribution in [2.45, 2.75) is 0 Å². The smallest absolute Gasteiger partial charge is 0.124 e. The number of hydrogen-bond donors (Lipinski definition) is 2. The van der Waals surface area contributed by atoms with Gasteiger partial charge < -0.3 is 10.3 Å². The van der Waals surface area contributed by atoms with Gasteiger partial charge in [-0.3, -0.25) is 0 Å². The Morgan fingerprint density at radius 3 is 2.45 bits per heavy atom. The fraction of sp³-hybridized carbons (Fsp3) is 0. The Labute approximate surface area is 74.8 Å². The third kappa shape index (κ3) is 2.62. The Balaban J connectivity index is 0.000001000. The van der Waals surface area contributed by atoms with Gasteiger partial charge in [-0.25, -0.2) is 0 Å². The van der Waals surface area contributed by atoms with Gasteiger partial charge in [0.25, 0.3) is 0 Å². The van der Waals surface area contributed by atoms with Gasteiger partial charge in [0.1, 0.15) is 5.75 Å². The molecule has 0 fully saturated rings. The molecule has 3 nitrogen and oxygen atoms in total. The average molecular weight is 201 g/mol. The minimum absolute atomic E-state index is 0. The van der Waals surface area contributed by atoms with Crippen molar-refractivity contribution in [2.24, 2.45) is 5.16 Å². The zero-order valence-corrected chi connectivity index (χ0v) is 6.47. The first kappa shape index (κ1) is 10.0. The van der Waals surface area contributed by atoms with Gasteiger partial charge in [-0.1, -0.05) is 17.3 Å². The molecule has 0 aliphatic carbocycles. The summed E-state index contributed by atoms with van der Waals surface area (Å²) in [4.78, 5) is 0. The Morgan fingerprint density at radius 1 is 1.27 bits per heavy atom. The van der Waals surface area contributed by atoms with Gasteiger partial charge in [0.15, 0.2) is 0 Å². The third-order valence-electron chi connectivity index (χ3n) is 1.13. The molecule has 1 aromatic carbocycles. The molecule has 0 aromatic heterocycles. The van der Waals surface area contributed by atoms with Crippen molar-refractivity contribution in [3.05, 3.63) is 29.8 Å². The van der Waals surface area contributed by atoms with Crippen molar-refractivity contribution in [3.8, 4) is 5.75 Å². The number of aromatic hydroxyl groups is 1. The summed E-state index contributed by atoms with van der Waals surface area (Å²) >= 11 is 0. The normalized spacial score (nSPS) is 9.45. The van der Waals surface area contributed by atoms with E-state index in [4.69, 9.17) is 10.3 Å². The number of benzene rings is 1. The zero-order valence-electron chi connectivity index (χ0n) is 5.53. The van der Waals surface area contributed by atoms with Crippen molar-refractivity contribution in [1.29, 1.82) is 0 Å². The molecule has 0 unspecified atom stereocenters. The van der Waals surface area contributed by atoms with E-state index in [2.05, 4.69) is 5.16 Å². The van der Waals surface area contributed by atoms with Crippen LogP contribution in [0, 0.1) is 0 Å². The minimum Gasteiger partial charge on any atom is -0.507 e. The molecule has 0 atom stereocenters. The van der Waals surface area contributed by atoms with Crippen LogP contribution in [0.2, 0.25) is 0 Å². The van der Waals surface area contributed by atoms with Gasteiger partial charge in [-0.2, -0.15) is 0 Å². The fourth-order valence-electron chi connectivity index (χ4n) is 0.659. The van der Waals surface area contributed by atoms with Gasteiger partial charge in [0.2, 0.25) is 0 Å². The molecule has 4 heteroatoms. The van der Waals surface area contributed by atoms with Crippen LogP contribution in [0.1, 0.15) is 5.56 Å². The largest absolute Gasteiger partial charge is 0.507 e. The molecule has 1 radical (unpaired) electrons. The summed E-state index contributed by atoms with van der Waals surface area (Å²) < 4.78 is 0. The third-order valence-corrected chi connectivity index (χ3v) is 1.13.